The van der Waals surface area contributed by atoms with Crippen LogP contribution in [0.5, 0.6) is 0 Å². The van der Waals surface area contributed by atoms with Gasteiger partial charge in [0.05, 0.1) is 0 Å². The first-order valence-corrected chi connectivity index (χ1v) is 8.91. The van der Waals surface area contributed by atoms with Gasteiger partial charge in [-0.2, -0.15) is 0 Å². The van der Waals surface area contributed by atoms with E-state index in [1.54, 1.807) is 0 Å². The Kier molecular flexibility index (Phi) is 8.19. The molecule has 0 fully saturated rings. The average molecular weight is 354 g/mol. The quantitative estimate of drug-likeness (QED) is 0.676. The summed E-state index contributed by atoms with van der Waals surface area (Å²) in [5.74, 6) is -0.0682. The highest BCUT2D eigenvalue weighted by Crippen LogP contribution is 2.06. The van der Waals surface area contributed by atoms with Crippen LogP contribution in [0.25, 0.3) is 0 Å². The van der Waals surface area contributed by atoms with Crippen LogP contribution in [0, 0.1) is 5.92 Å². The van der Waals surface area contributed by atoms with E-state index in [2.05, 4.69) is 10.6 Å². The second-order valence-corrected chi connectivity index (χ2v) is 6.24. The summed E-state index contributed by atoms with van der Waals surface area (Å²) in [5, 5.41) is 5.65. The third kappa shape index (κ3) is 7.38. The molecule has 0 bridgehead atoms. The summed E-state index contributed by atoms with van der Waals surface area (Å²) in [6.07, 6.45) is 0.995. The lowest BCUT2D eigenvalue weighted by atomic mass is 10.0. The van der Waals surface area contributed by atoms with Gasteiger partial charge in [-0.1, -0.05) is 67.6 Å². The summed E-state index contributed by atoms with van der Waals surface area (Å²) in [7, 11) is 0. The van der Waals surface area contributed by atoms with Crippen LogP contribution >= 0.6 is 0 Å². The molecule has 2 N–H and O–H groups in total. The SMILES string of the molecule is C[C@@H](CCCNC(=O)OCc1ccccc1)C(=O)NCc1ccccc1. The number of benzene rings is 2. The number of carbonyl (C=O) groups is 2. The Morgan fingerprint density at radius 2 is 1.54 bits per heavy atom. The molecule has 2 amide bonds. The molecule has 0 aliphatic rings. The molecule has 0 saturated carbocycles. The lowest BCUT2D eigenvalue weighted by Crippen LogP contribution is -2.30. The van der Waals surface area contributed by atoms with Gasteiger partial charge in [-0.3, -0.25) is 4.79 Å². The molecule has 2 rings (SSSR count). The minimum atomic E-state index is -0.435. The minimum absolute atomic E-state index is 0.0282. The largest absolute Gasteiger partial charge is 0.445 e. The molecule has 0 saturated heterocycles. The third-order valence-corrected chi connectivity index (χ3v) is 4.05. The predicted octanol–water partition coefficient (Wildman–Crippen LogP) is 3.65. The number of amides is 2. The molecule has 26 heavy (non-hydrogen) atoms. The van der Waals surface area contributed by atoms with Gasteiger partial charge in [0, 0.05) is 19.0 Å². The van der Waals surface area contributed by atoms with Crippen molar-refractivity contribution < 1.29 is 14.3 Å². The van der Waals surface area contributed by atoms with Crippen LogP contribution in [-0.2, 0) is 22.7 Å². The Hall–Kier alpha value is -2.82. The highest BCUT2D eigenvalue weighted by molar-refractivity contribution is 5.78. The molecule has 5 nitrogen and oxygen atoms in total. The lowest BCUT2D eigenvalue weighted by Gasteiger charge is -2.12. The Labute approximate surface area is 154 Å². The summed E-state index contributed by atoms with van der Waals surface area (Å²) in [6.45, 7) is 3.18. The van der Waals surface area contributed by atoms with E-state index in [0.717, 1.165) is 17.5 Å². The first-order valence-electron chi connectivity index (χ1n) is 8.91. The molecule has 0 aromatic heterocycles. The highest BCUT2D eigenvalue weighted by atomic mass is 16.5. The fourth-order valence-electron chi connectivity index (χ4n) is 2.46. The molecular weight excluding hydrogens is 328 g/mol. The topological polar surface area (TPSA) is 67.4 Å². The minimum Gasteiger partial charge on any atom is -0.445 e. The third-order valence-electron chi connectivity index (χ3n) is 4.05. The molecule has 2 aromatic carbocycles. The average Bonchev–Trinajstić information content (AvgIpc) is 2.69. The highest BCUT2D eigenvalue weighted by Gasteiger charge is 2.12. The monoisotopic (exact) mass is 354 g/mol. The maximum atomic E-state index is 12.1. The molecular formula is C21H26N2O3. The zero-order chi connectivity index (χ0) is 18.6. The van der Waals surface area contributed by atoms with Gasteiger partial charge in [-0.25, -0.2) is 4.79 Å². The smallest absolute Gasteiger partial charge is 0.407 e. The van der Waals surface area contributed by atoms with Crippen molar-refractivity contribution in [3.63, 3.8) is 0 Å². The Bertz CT molecular complexity index is 674. The van der Waals surface area contributed by atoms with Crippen LogP contribution < -0.4 is 10.6 Å². The Morgan fingerprint density at radius 1 is 0.923 bits per heavy atom. The molecule has 0 aliphatic carbocycles. The molecule has 0 aliphatic heterocycles. The predicted molar refractivity (Wildman–Crippen MR) is 101 cm³/mol. The van der Waals surface area contributed by atoms with Crippen LogP contribution in [-0.4, -0.2) is 18.5 Å². The zero-order valence-corrected chi connectivity index (χ0v) is 15.1. The molecule has 0 spiro atoms. The van der Waals surface area contributed by atoms with E-state index in [1.807, 2.05) is 67.6 Å². The number of hydrogen-bond acceptors (Lipinski definition) is 3. The number of hydrogen-bond donors (Lipinski definition) is 2. The van der Waals surface area contributed by atoms with Crippen molar-refractivity contribution in [1.29, 1.82) is 0 Å². The molecule has 0 heterocycles. The van der Waals surface area contributed by atoms with Crippen LogP contribution in [0.1, 0.15) is 30.9 Å². The van der Waals surface area contributed by atoms with Gasteiger partial charge in [0.15, 0.2) is 0 Å². The number of carbonyl (C=O) groups excluding carboxylic acids is 2. The fourth-order valence-corrected chi connectivity index (χ4v) is 2.46. The van der Waals surface area contributed by atoms with Gasteiger partial charge >= 0.3 is 6.09 Å². The second-order valence-electron chi connectivity index (χ2n) is 6.24. The van der Waals surface area contributed by atoms with Crippen molar-refractivity contribution in [2.24, 2.45) is 5.92 Å². The van der Waals surface area contributed by atoms with E-state index in [1.165, 1.54) is 0 Å². The van der Waals surface area contributed by atoms with Crippen molar-refractivity contribution in [1.82, 2.24) is 10.6 Å². The van der Waals surface area contributed by atoms with Gasteiger partial charge in [-0.05, 0) is 24.0 Å². The van der Waals surface area contributed by atoms with Crippen molar-refractivity contribution in [3.05, 3.63) is 71.8 Å². The van der Waals surface area contributed by atoms with E-state index in [0.29, 0.717) is 19.5 Å². The van der Waals surface area contributed by atoms with Crippen molar-refractivity contribution in [2.75, 3.05) is 6.54 Å². The van der Waals surface area contributed by atoms with E-state index in [-0.39, 0.29) is 18.4 Å². The number of nitrogens with one attached hydrogen (secondary N) is 2. The van der Waals surface area contributed by atoms with Crippen LogP contribution in [0.15, 0.2) is 60.7 Å². The molecule has 138 valence electrons. The van der Waals surface area contributed by atoms with Crippen molar-refractivity contribution >= 4 is 12.0 Å². The zero-order valence-electron chi connectivity index (χ0n) is 15.1. The second kappa shape index (κ2) is 10.9. The first-order chi connectivity index (χ1) is 12.6. The summed E-state index contributed by atoms with van der Waals surface area (Å²) < 4.78 is 5.14. The van der Waals surface area contributed by atoms with E-state index >= 15 is 0 Å². The van der Waals surface area contributed by atoms with Gasteiger partial charge in [0.25, 0.3) is 0 Å². The normalized spacial score (nSPS) is 11.4. The van der Waals surface area contributed by atoms with Gasteiger partial charge < -0.3 is 15.4 Å². The van der Waals surface area contributed by atoms with Gasteiger partial charge in [0.2, 0.25) is 5.91 Å². The summed E-state index contributed by atoms with van der Waals surface area (Å²) in [5.41, 5.74) is 2.03. The maximum Gasteiger partial charge on any atom is 0.407 e. The van der Waals surface area contributed by atoms with E-state index in [9.17, 15) is 9.59 Å². The Morgan fingerprint density at radius 3 is 2.19 bits per heavy atom. The van der Waals surface area contributed by atoms with E-state index < -0.39 is 6.09 Å². The molecule has 1 atom stereocenters. The van der Waals surface area contributed by atoms with Crippen molar-refractivity contribution in [3.8, 4) is 0 Å². The van der Waals surface area contributed by atoms with Gasteiger partial charge in [0.1, 0.15) is 6.61 Å². The first kappa shape index (κ1) is 19.5. The standard InChI is InChI=1S/C21H26N2O3/c1-17(20(24)23-15-18-10-4-2-5-11-18)9-8-14-22-21(25)26-16-19-12-6-3-7-13-19/h2-7,10-13,17H,8-9,14-16H2,1H3,(H,22,25)(H,23,24)/t17-/m0/s1. The van der Waals surface area contributed by atoms with Crippen molar-refractivity contribution in [2.45, 2.75) is 32.9 Å². The summed E-state index contributed by atoms with van der Waals surface area (Å²) in [4.78, 5) is 23.7. The molecule has 0 unspecified atom stereocenters. The maximum absolute atomic E-state index is 12.1. The number of rotatable bonds is 9. The Balaban J connectivity index is 1.55. The van der Waals surface area contributed by atoms with E-state index in [4.69, 9.17) is 4.74 Å². The fraction of sp³-hybridized carbons (Fsp3) is 0.333. The number of ether oxygens (including phenoxy) is 1. The summed E-state index contributed by atoms with van der Waals surface area (Å²) in [6, 6.07) is 19.4. The molecule has 0 radical (unpaired) electrons. The number of alkyl carbamates (subject to hydrolysis) is 1. The summed E-state index contributed by atoms with van der Waals surface area (Å²) >= 11 is 0. The molecule has 2 aromatic rings. The molecule has 5 heteroatoms. The van der Waals surface area contributed by atoms with Crippen LogP contribution in [0.2, 0.25) is 0 Å². The van der Waals surface area contributed by atoms with Crippen LogP contribution in [0.3, 0.4) is 0 Å². The van der Waals surface area contributed by atoms with Crippen LogP contribution in [0.4, 0.5) is 4.79 Å². The van der Waals surface area contributed by atoms with Gasteiger partial charge in [-0.15, -0.1) is 0 Å². The lowest BCUT2D eigenvalue weighted by molar-refractivity contribution is -0.124.